The van der Waals surface area contributed by atoms with Crippen molar-refractivity contribution in [2.75, 3.05) is 5.32 Å². The Hall–Kier alpha value is -0.590. The highest BCUT2D eigenvalue weighted by Gasteiger charge is 2.19. The molecule has 0 aromatic heterocycles. The lowest BCUT2D eigenvalue weighted by Gasteiger charge is -2.10. The topological polar surface area (TPSA) is 63.2 Å². The molecule has 0 saturated heterocycles. The van der Waals surface area contributed by atoms with Gasteiger partial charge < -0.3 is 5.32 Å². The first kappa shape index (κ1) is 15.8. The zero-order valence-corrected chi connectivity index (χ0v) is 13.9. The Bertz CT molecular complexity index is 612. The summed E-state index contributed by atoms with van der Waals surface area (Å²) >= 11 is 3.15. The first-order valence-electron chi connectivity index (χ1n) is 6.40. The van der Waals surface area contributed by atoms with Crippen molar-refractivity contribution in [2.24, 2.45) is 5.92 Å². The Morgan fingerprint density at radius 1 is 1.35 bits per heavy atom. The van der Waals surface area contributed by atoms with E-state index in [2.05, 4.69) is 21.2 Å². The van der Waals surface area contributed by atoms with Crippen LogP contribution in [-0.4, -0.2) is 14.3 Å². The third-order valence-corrected chi connectivity index (χ3v) is 5.73. The van der Waals surface area contributed by atoms with Gasteiger partial charge in [-0.2, -0.15) is 0 Å². The van der Waals surface area contributed by atoms with E-state index < -0.39 is 9.05 Å². The third kappa shape index (κ3) is 4.20. The summed E-state index contributed by atoms with van der Waals surface area (Å²) < 4.78 is 22.9. The van der Waals surface area contributed by atoms with Gasteiger partial charge in [-0.3, -0.25) is 4.79 Å². The zero-order chi connectivity index (χ0) is 14.8. The van der Waals surface area contributed by atoms with Crippen LogP contribution in [0, 0.1) is 5.92 Å². The minimum atomic E-state index is -3.78. The number of halogens is 2. The van der Waals surface area contributed by atoms with Gasteiger partial charge in [-0.05, 0) is 52.9 Å². The molecular weight excluding hydrogens is 366 g/mol. The van der Waals surface area contributed by atoms with Gasteiger partial charge in [-0.25, -0.2) is 8.42 Å². The van der Waals surface area contributed by atoms with Crippen LogP contribution in [0.2, 0.25) is 0 Å². The number of carbonyl (C=O) groups excluding carboxylic acids is 1. The van der Waals surface area contributed by atoms with Crippen molar-refractivity contribution in [1.29, 1.82) is 0 Å². The van der Waals surface area contributed by atoms with Gasteiger partial charge in [-0.1, -0.05) is 12.8 Å². The van der Waals surface area contributed by atoms with Gasteiger partial charge in [0.2, 0.25) is 5.91 Å². The molecule has 0 atom stereocenters. The van der Waals surface area contributed by atoms with E-state index in [1.54, 1.807) is 6.07 Å². The van der Waals surface area contributed by atoms with Crippen molar-refractivity contribution in [3.05, 3.63) is 22.7 Å². The first-order valence-corrected chi connectivity index (χ1v) is 9.50. The van der Waals surface area contributed by atoms with Crippen LogP contribution in [0.3, 0.4) is 0 Å². The molecule has 0 unspecified atom stereocenters. The van der Waals surface area contributed by atoms with Gasteiger partial charge in [0, 0.05) is 27.3 Å². The minimum Gasteiger partial charge on any atom is -0.326 e. The van der Waals surface area contributed by atoms with Gasteiger partial charge in [0.25, 0.3) is 9.05 Å². The number of amides is 1. The quantitative estimate of drug-likeness (QED) is 0.806. The molecule has 110 valence electrons. The van der Waals surface area contributed by atoms with E-state index in [0.717, 1.165) is 12.8 Å². The van der Waals surface area contributed by atoms with Gasteiger partial charge in [0.05, 0.1) is 4.90 Å². The molecule has 1 aromatic rings. The van der Waals surface area contributed by atoms with E-state index in [1.807, 2.05) is 0 Å². The molecule has 1 aliphatic carbocycles. The van der Waals surface area contributed by atoms with E-state index in [4.69, 9.17) is 10.7 Å². The van der Waals surface area contributed by atoms with Crippen LogP contribution in [0.5, 0.6) is 0 Å². The molecule has 1 amide bonds. The lowest BCUT2D eigenvalue weighted by atomic mass is 10.0. The molecule has 20 heavy (non-hydrogen) atoms. The van der Waals surface area contributed by atoms with Crippen molar-refractivity contribution in [3.8, 4) is 0 Å². The van der Waals surface area contributed by atoms with Gasteiger partial charge in [-0.15, -0.1) is 0 Å². The van der Waals surface area contributed by atoms with Crippen LogP contribution >= 0.6 is 26.6 Å². The van der Waals surface area contributed by atoms with Crippen molar-refractivity contribution in [2.45, 2.75) is 37.0 Å². The number of hydrogen-bond donors (Lipinski definition) is 1. The van der Waals surface area contributed by atoms with E-state index in [0.29, 0.717) is 22.5 Å². The summed E-state index contributed by atoms with van der Waals surface area (Å²) in [7, 11) is 1.51. The second-order valence-electron chi connectivity index (χ2n) is 4.99. The van der Waals surface area contributed by atoms with Crippen molar-refractivity contribution >= 4 is 47.3 Å². The number of carbonyl (C=O) groups is 1. The molecule has 7 heteroatoms. The van der Waals surface area contributed by atoms with E-state index >= 15 is 0 Å². The van der Waals surface area contributed by atoms with Crippen LogP contribution in [0.25, 0.3) is 0 Å². The Labute approximate surface area is 131 Å². The molecule has 1 N–H and O–H groups in total. The summed E-state index contributed by atoms with van der Waals surface area (Å²) in [6.45, 7) is 0. The summed E-state index contributed by atoms with van der Waals surface area (Å²) in [6, 6.07) is 4.45. The molecule has 1 saturated carbocycles. The standard InChI is InChI=1S/C13H15BrClNO3S/c14-11-8-10(5-6-12(11)20(15,18)19)16-13(17)7-9-3-1-2-4-9/h5-6,8-9H,1-4,7H2,(H,16,17). The average Bonchev–Trinajstić information content (AvgIpc) is 2.79. The minimum absolute atomic E-state index is 0.00652. The Kier molecular flexibility index (Phi) is 5.09. The monoisotopic (exact) mass is 379 g/mol. The smallest absolute Gasteiger partial charge is 0.262 e. The van der Waals surface area contributed by atoms with E-state index in [-0.39, 0.29) is 10.8 Å². The predicted octanol–water partition coefficient (Wildman–Crippen LogP) is 3.90. The highest BCUT2D eigenvalue weighted by molar-refractivity contribution is 9.10. The normalized spacial score (nSPS) is 16.3. The van der Waals surface area contributed by atoms with Gasteiger partial charge in [0.1, 0.15) is 0 Å². The SMILES string of the molecule is O=C(CC1CCCC1)Nc1ccc(S(=O)(=O)Cl)c(Br)c1. The number of anilines is 1. The summed E-state index contributed by atoms with van der Waals surface area (Å²) in [6.07, 6.45) is 5.14. The lowest BCUT2D eigenvalue weighted by Crippen LogP contribution is -2.15. The molecule has 0 bridgehead atoms. The largest absolute Gasteiger partial charge is 0.326 e. The predicted molar refractivity (Wildman–Crippen MR) is 82.4 cm³/mol. The highest BCUT2D eigenvalue weighted by Crippen LogP contribution is 2.30. The molecule has 0 spiro atoms. The Balaban J connectivity index is 2.03. The maximum absolute atomic E-state index is 11.9. The number of nitrogens with one attached hydrogen (secondary N) is 1. The average molecular weight is 381 g/mol. The lowest BCUT2D eigenvalue weighted by molar-refractivity contribution is -0.117. The Morgan fingerprint density at radius 3 is 2.55 bits per heavy atom. The fourth-order valence-electron chi connectivity index (χ4n) is 2.47. The third-order valence-electron chi connectivity index (χ3n) is 3.43. The summed E-state index contributed by atoms with van der Waals surface area (Å²) in [5.74, 6) is 0.436. The molecule has 4 nitrogen and oxygen atoms in total. The zero-order valence-electron chi connectivity index (χ0n) is 10.7. The fraction of sp³-hybridized carbons (Fsp3) is 0.462. The summed E-state index contributed by atoms with van der Waals surface area (Å²) in [5, 5.41) is 2.78. The number of hydrogen-bond acceptors (Lipinski definition) is 3. The van der Waals surface area contributed by atoms with Crippen molar-refractivity contribution in [1.82, 2.24) is 0 Å². The molecule has 1 aromatic carbocycles. The van der Waals surface area contributed by atoms with E-state index in [9.17, 15) is 13.2 Å². The van der Waals surface area contributed by atoms with Gasteiger partial charge in [0.15, 0.2) is 0 Å². The molecule has 0 aliphatic heterocycles. The Morgan fingerprint density at radius 2 is 2.00 bits per heavy atom. The van der Waals surface area contributed by atoms with Crippen molar-refractivity contribution in [3.63, 3.8) is 0 Å². The van der Waals surface area contributed by atoms with Gasteiger partial charge >= 0.3 is 0 Å². The molecule has 2 rings (SSSR count). The van der Waals surface area contributed by atoms with Crippen LogP contribution in [0.4, 0.5) is 5.69 Å². The molecule has 1 fully saturated rings. The molecule has 1 aliphatic rings. The van der Waals surface area contributed by atoms with Crippen LogP contribution in [-0.2, 0) is 13.8 Å². The van der Waals surface area contributed by atoms with Crippen LogP contribution in [0.1, 0.15) is 32.1 Å². The van der Waals surface area contributed by atoms with Crippen LogP contribution in [0.15, 0.2) is 27.6 Å². The molecule has 0 heterocycles. The first-order chi connectivity index (χ1) is 9.36. The van der Waals surface area contributed by atoms with Crippen molar-refractivity contribution < 1.29 is 13.2 Å². The fourth-order valence-corrected chi connectivity index (χ4v) is 4.69. The maximum atomic E-state index is 11.9. The summed E-state index contributed by atoms with van der Waals surface area (Å²) in [5.41, 5.74) is 0.559. The highest BCUT2D eigenvalue weighted by atomic mass is 79.9. The summed E-state index contributed by atoms with van der Waals surface area (Å²) in [4.78, 5) is 11.9. The number of rotatable bonds is 4. The molecular formula is C13H15BrClNO3S. The second kappa shape index (κ2) is 6.45. The number of benzene rings is 1. The maximum Gasteiger partial charge on any atom is 0.262 e. The van der Waals surface area contributed by atoms with Crippen LogP contribution < -0.4 is 5.32 Å². The van der Waals surface area contributed by atoms with E-state index in [1.165, 1.54) is 25.0 Å². The second-order valence-corrected chi connectivity index (χ2v) is 8.37. The molecule has 0 radical (unpaired) electrons.